The number of thiophene rings is 1. The third kappa shape index (κ3) is 3.51. The Kier molecular flexibility index (Phi) is 4.95. The number of carbonyl (C=O) groups is 2. The second kappa shape index (κ2) is 6.41. The van der Waals surface area contributed by atoms with Crippen molar-refractivity contribution in [1.82, 2.24) is 5.32 Å². The van der Waals surface area contributed by atoms with E-state index in [-0.39, 0.29) is 11.7 Å². The highest BCUT2D eigenvalue weighted by atomic mass is 35.5. The average molecular weight is 356 g/mol. The molecular formula is C16H15Cl2NO2S. The van der Waals surface area contributed by atoms with Crippen molar-refractivity contribution in [3.63, 3.8) is 0 Å². The van der Waals surface area contributed by atoms with E-state index in [0.29, 0.717) is 20.5 Å². The maximum Gasteiger partial charge on any atom is 0.262 e. The van der Waals surface area contributed by atoms with Crippen molar-refractivity contribution in [2.75, 3.05) is 0 Å². The van der Waals surface area contributed by atoms with Crippen LogP contribution in [-0.2, 0) is 0 Å². The molecule has 0 unspecified atom stereocenters. The molecule has 3 nitrogen and oxygen atoms in total. The number of halogens is 2. The first-order valence-electron chi connectivity index (χ1n) is 6.59. The normalized spacial score (nSPS) is 11.3. The number of benzene rings is 1. The van der Waals surface area contributed by atoms with E-state index in [2.05, 4.69) is 5.32 Å². The lowest BCUT2D eigenvalue weighted by atomic mass is 9.93. The van der Waals surface area contributed by atoms with E-state index >= 15 is 0 Å². The van der Waals surface area contributed by atoms with Gasteiger partial charge in [-0.15, -0.1) is 11.3 Å². The van der Waals surface area contributed by atoms with Crippen molar-refractivity contribution in [3.8, 4) is 0 Å². The van der Waals surface area contributed by atoms with Crippen LogP contribution in [0.1, 0.15) is 39.4 Å². The van der Waals surface area contributed by atoms with E-state index < -0.39 is 5.54 Å². The molecule has 0 aliphatic rings. The highest BCUT2D eigenvalue weighted by molar-refractivity contribution is 7.12. The van der Waals surface area contributed by atoms with Crippen LogP contribution in [0.2, 0.25) is 10.0 Å². The summed E-state index contributed by atoms with van der Waals surface area (Å²) in [6.45, 7) is 5.19. The van der Waals surface area contributed by atoms with E-state index in [9.17, 15) is 9.59 Å². The van der Waals surface area contributed by atoms with E-state index in [0.717, 1.165) is 5.56 Å². The van der Waals surface area contributed by atoms with Crippen molar-refractivity contribution in [3.05, 3.63) is 55.7 Å². The zero-order valence-electron chi connectivity index (χ0n) is 12.4. The topological polar surface area (TPSA) is 46.2 Å². The largest absolute Gasteiger partial charge is 0.339 e. The molecule has 1 N–H and O–H groups in total. The lowest BCUT2D eigenvalue weighted by Crippen LogP contribution is -2.49. The highest BCUT2D eigenvalue weighted by Crippen LogP contribution is 2.25. The summed E-state index contributed by atoms with van der Waals surface area (Å²) in [5.41, 5.74) is 0.243. The highest BCUT2D eigenvalue weighted by Gasteiger charge is 2.31. The van der Waals surface area contributed by atoms with Gasteiger partial charge in [0.15, 0.2) is 5.78 Å². The molecule has 22 heavy (non-hydrogen) atoms. The molecule has 0 aliphatic heterocycles. The first-order valence-corrected chi connectivity index (χ1v) is 8.22. The lowest BCUT2D eigenvalue weighted by Gasteiger charge is -2.25. The minimum atomic E-state index is -1.05. The molecular weight excluding hydrogens is 341 g/mol. The average Bonchev–Trinajstić information content (AvgIpc) is 2.87. The van der Waals surface area contributed by atoms with Crippen LogP contribution in [0, 0.1) is 6.92 Å². The van der Waals surface area contributed by atoms with E-state index in [4.69, 9.17) is 23.2 Å². The summed E-state index contributed by atoms with van der Waals surface area (Å²) < 4.78 is 0. The molecule has 6 heteroatoms. The quantitative estimate of drug-likeness (QED) is 0.804. The zero-order valence-corrected chi connectivity index (χ0v) is 14.7. The Labute approximate surface area is 143 Å². The Morgan fingerprint density at radius 3 is 2.36 bits per heavy atom. The predicted octanol–water partition coefficient (Wildman–Crippen LogP) is 4.75. The van der Waals surface area contributed by atoms with Crippen molar-refractivity contribution >= 4 is 46.2 Å². The third-order valence-electron chi connectivity index (χ3n) is 3.24. The third-order valence-corrected chi connectivity index (χ3v) is 5.00. The van der Waals surface area contributed by atoms with Crippen LogP contribution in [0.5, 0.6) is 0 Å². The maximum absolute atomic E-state index is 12.6. The fraction of sp³-hybridized carbons (Fsp3) is 0.250. The SMILES string of the molecule is Cc1ccsc1C(=O)NC(C)(C)C(=O)c1ccc(Cl)c(Cl)c1. The van der Waals surface area contributed by atoms with E-state index in [1.54, 1.807) is 26.0 Å². The number of amides is 1. The maximum atomic E-state index is 12.6. The summed E-state index contributed by atoms with van der Waals surface area (Å²) in [5.74, 6) is -0.487. The number of Topliss-reactive ketones (excluding diaryl/α,β-unsaturated/α-hetero) is 1. The summed E-state index contributed by atoms with van der Waals surface area (Å²) >= 11 is 13.2. The molecule has 1 aromatic carbocycles. The van der Waals surface area contributed by atoms with Crippen molar-refractivity contribution < 1.29 is 9.59 Å². The van der Waals surface area contributed by atoms with Gasteiger partial charge < -0.3 is 5.32 Å². The Balaban J connectivity index is 2.22. The minimum absolute atomic E-state index is 0.228. The molecule has 0 fully saturated rings. The van der Waals surface area contributed by atoms with E-state index in [1.807, 2.05) is 18.4 Å². The smallest absolute Gasteiger partial charge is 0.262 e. The number of ketones is 1. The van der Waals surface area contributed by atoms with Gasteiger partial charge in [0.25, 0.3) is 5.91 Å². The molecule has 0 saturated heterocycles. The molecule has 0 aliphatic carbocycles. The van der Waals surface area contributed by atoms with Crippen LogP contribution in [-0.4, -0.2) is 17.2 Å². The van der Waals surface area contributed by atoms with Crippen LogP contribution in [0.3, 0.4) is 0 Å². The van der Waals surface area contributed by atoms with Gasteiger partial charge in [0.2, 0.25) is 0 Å². The second-order valence-corrected chi connectivity index (χ2v) is 7.20. The Hall–Kier alpha value is -1.36. The van der Waals surface area contributed by atoms with Gasteiger partial charge in [-0.3, -0.25) is 9.59 Å². The van der Waals surface area contributed by atoms with Gasteiger partial charge >= 0.3 is 0 Å². The fourth-order valence-electron chi connectivity index (χ4n) is 2.00. The molecule has 0 atom stereocenters. The first-order chi connectivity index (χ1) is 10.2. The summed E-state index contributed by atoms with van der Waals surface area (Å²) in [6, 6.07) is 6.54. The monoisotopic (exact) mass is 355 g/mol. The standard InChI is InChI=1S/C16H15Cl2NO2S/c1-9-6-7-22-13(9)15(21)19-16(2,3)14(20)10-4-5-11(17)12(18)8-10/h4-8H,1-3H3,(H,19,21). The van der Waals surface area contributed by atoms with Crippen molar-refractivity contribution in [2.24, 2.45) is 0 Å². The van der Waals surface area contributed by atoms with Gasteiger partial charge in [-0.2, -0.15) is 0 Å². The number of nitrogens with one attached hydrogen (secondary N) is 1. The molecule has 0 radical (unpaired) electrons. The first kappa shape index (κ1) is 17.0. The van der Waals surface area contributed by atoms with Crippen LogP contribution >= 0.6 is 34.5 Å². The molecule has 116 valence electrons. The molecule has 0 saturated carbocycles. The minimum Gasteiger partial charge on any atom is -0.339 e. The molecule has 1 heterocycles. The van der Waals surface area contributed by atoms with Crippen molar-refractivity contribution in [2.45, 2.75) is 26.3 Å². The number of hydrogen-bond donors (Lipinski definition) is 1. The Morgan fingerprint density at radius 1 is 1.14 bits per heavy atom. The van der Waals surface area contributed by atoms with E-state index in [1.165, 1.54) is 17.4 Å². The summed E-state index contributed by atoms with van der Waals surface area (Å²) in [6.07, 6.45) is 0. The van der Waals surface area contributed by atoms with Crippen LogP contribution < -0.4 is 5.32 Å². The van der Waals surface area contributed by atoms with Gasteiger partial charge in [0, 0.05) is 5.56 Å². The predicted molar refractivity (Wildman–Crippen MR) is 91.4 cm³/mol. The van der Waals surface area contributed by atoms with Crippen LogP contribution in [0.4, 0.5) is 0 Å². The lowest BCUT2D eigenvalue weighted by molar-refractivity contribution is 0.0800. The number of carbonyl (C=O) groups excluding carboxylic acids is 2. The summed E-state index contributed by atoms with van der Waals surface area (Å²) in [7, 11) is 0. The zero-order chi connectivity index (χ0) is 16.5. The summed E-state index contributed by atoms with van der Waals surface area (Å²) in [4.78, 5) is 25.5. The van der Waals surface area contributed by atoms with Gasteiger partial charge in [0.05, 0.1) is 20.5 Å². The summed E-state index contributed by atoms with van der Waals surface area (Å²) in [5, 5.41) is 5.32. The molecule has 2 rings (SSSR count). The Morgan fingerprint density at radius 2 is 1.82 bits per heavy atom. The van der Waals surface area contributed by atoms with Crippen LogP contribution in [0.25, 0.3) is 0 Å². The van der Waals surface area contributed by atoms with Gasteiger partial charge in [0.1, 0.15) is 0 Å². The van der Waals surface area contributed by atoms with Crippen LogP contribution in [0.15, 0.2) is 29.6 Å². The second-order valence-electron chi connectivity index (χ2n) is 5.47. The van der Waals surface area contributed by atoms with Gasteiger partial charge in [-0.25, -0.2) is 0 Å². The van der Waals surface area contributed by atoms with Gasteiger partial charge in [-0.1, -0.05) is 23.2 Å². The van der Waals surface area contributed by atoms with Gasteiger partial charge in [-0.05, 0) is 56.0 Å². The molecule has 0 spiro atoms. The number of hydrogen-bond acceptors (Lipinski definition) is 3. The molecule has 2 aromatic rings. The van der Waals surface area contributed by atoms with Crippen molar-refractivity contribution in [1.29, 1.82) is 0 Å². The molecule has 0 bridgehead atoms. The number of rotatable bonds is 4. The molecule has 1 amide bonds. The fourth-order valence-corrected chi connectivity index (χ4v) is 3.12. The number of aryl methyl sites for hydroxylation is 1. The molecule has 1 aromatic heterocycles. The Bertz CT molecular complexity index is 737.